The van der Waals surface area contributed by atoms with Gasteiger partial charge in [-0.2, -0.15) is 0 Å². The molecular weight excluding hydrogens is 492 g/mol. The van der Waals surface area contributed by atoms with Gasteiger partial charge in [0.2, 0.25) is 0 Å². The van der Waals surface area contributed by atoms with Gasteiger partial charge in [-0.3, -0.25) is 29.9 Å². The Morgan fingerprint density at radius 3 is 1.15 bits per heavy atom. The van der Waals surface area contributed by atoms with E-state index in [-0.39, 0.29) is 0 Å². The maximum Gasteiger partial charge on any atom is 0.0886 e. The standard InChI is InChI=1S/C34H40N6/c1-5-25(3)35-23-31-15-11-27(19-37-31)7-9-29-13-17-33(39-21-29)34-18-14-30(22-40-34)10-8-28-12-16-32(38-20-28)24-36-26(4)6-2/h11-26H,5-10H2,1-4H3/t25-,26-/m0/s1. The van der Waals surface area contributed by atoms with E-state index in [1.165, 1.54) is 22.3 Å². The Kier molecular flexibility index (Phi) is 10.8. The van der Waals surface area contributed by atoms with Gasteiger partial charge in [-0.05, 0) is 98.9 Å². The van der Waals surface area contributed by atoms with E-state index in [2.05, 4.69) is 94.0 Å². The molecule has 4 heterocycles. The lowest BCUT2D eigenvalue weighted by molar-refractivity contribution is 0.720. The zero-order chi connectivity index (χ0) is 28.2. The van der Waals surface area contributed by atoms with Crippen LogP contribution in [0.1, 0.15) is 74.2 Å². The topological polar surface area (TPSA) is 76.3 Å². The minimum absolute atomic E-state index is 0.330. The zero-order valence-corrected chi connectivity index (χ0v) is 24.2. The second-order valence-corrected chi connectivity index (χ2v) is 10.4. The third-order valence-corrected chi connectivity index (χ3v) is 7.12. The van der Waals surface area contributed by atoms with Crippen LogP contribution in [0.5, 0.6) is 0 Å². The van der Waals surface area contributed by atoms with Crippen molar-refractivity contribution in [2.75, 3.05) is 0 Å². The predicted molar refractivity (Wildman–Crippen MR) is 165 cm³/mol. The Balaban J connectivity index is 1.25. The number of aliphatic imine (C=N–C) groups is 2. The SMILES string of the molecule is CC[C@H](C)N=Cc1ccc(CCc2ccc(-c3ccc(CCc4ccc(C=N[C@@H](C)CC)nc4)cn3)nc2)cn1. The van der Waals surface area contributed by atoms with Crippen molar-refractivity contribution in [1.29, 1.82) is 0 Å². The summed E-state index contributed by atoms with van der Waals surface area (Å²) in [5.74, 6) is 0. The van der Waals surface area contributed by atoms with Crippen molar-refractivity contribution >= 4 is 12.4 Å². The fourth-order valence-corrected chi connectivity index (χ4v) is 3.96. The van der Waals surface area contributed by atoms with E-state index in [1.54, 1.807) is 0 Å². The summed E-state index contributed by atoms with van der Waals surface area (Å²) in [6.07, 6.45) is 17.3. The van der Waals surface area contributed by atoms with Crippen LogP contribution < -0.4 is 0 Å². The van der Waals surface area contributed by atoms with Gasteiger partial charge < -0.3 is 0 Å². The van der Waals surface area contributed by atoms with Crippen LogP contribution in [0.3, 0.4) is 0 Å². The molecule has 6 heteroatoms. The van der Waals surface area contributed by atoms with Crippen LogP contribution >= 0.6 is 0 Å². The molecule has 0 aromatic carbocycles. The summed E-state index contributed by atoms with van der Waals surface area (Å²) in [6.45, 7) is 8.50. The quantitative estimate of drug-likeness (QED) is 0.175. The number of aryl methyl sites for hydroxylation is 4. The first kappa shape index (κ1) is 28.9. The minimum atomic E-state index is 0.330. The Morgan fingerprint density at radius 2 is 0.875 bits per heavy atom. The normalized spacial score (nSPS) is 13.2. The molecule has 0 aliphatic rings. The molecule has 4 rings (SSSR count). The number of pyridine rings is 4. The smallest absolute Gasteiger partial charge is 0.0886 e. The van der Waals surface area contributed by atoms with Crippen molar-refractivity contribution in [2.24, 2.45) is 9.98 Å². The molecular formula is C34H40N6. The zero-order valence-electron chi connectivity index (χ0n) is 24.2. The van der Waals surface area contributed by atoms with E-state index in [1.807, 2.05) is 49.3 Å². The summed E-state index contributed by atoms with van der Waals surface area (Å²) < 4.78 is 0. The Morgan fingerprint density at radius 1 is 0.525 bits per heavy atom. The van der Waals surface area contributed by atoms with Crippen molar-refractivity contribution in [2.45, 2.75) is 78.3 Å². The molecule has 6 nitrogen and oxygen atoms in total. The maximum absolute atomic E-state index is 4.67. The van der Waals surface area contributed by atoms with E-state index in [4.69, 9.17) is 0 Å². The molecule has 2 atom stereocenters. The number of nitrogens with zero attached hydrogens (tertiary/aromatic N) is 6. The van der Waals surface area contributed by atoms with Gasteiger partial charge >= 0.3 is 0 Å². The second-order valence-electron chi connectivity index (χ2n) is 10.4. The number of aromatic nitrogens is 4. The molecule has 0 radical (unpaired) electrons. The molecule has 4 aromatic rings. The molecule has 206 valence electrons. The van der Waals surface area contributed by atoms with Crippen LogP contribution in [0.2, 0.25) is 0 Å². The van der Waals surface area contributed by atoms with Crippen LogP contribution in [-0.4, -0.2) is 44.4 Å². The van der Waals surface area contributed by atoms with Crippen LogP contribution in [-0.2, 0) is 25.7 Å². The predicted octanol–water partition coefficient (Wildman–Crippen LogP) is 6.94. The van der Waals surface area contributed by atoms with E-state index >= 15 is 0 Å². The molecule has 4 aromatic heterocycles. The average Bonchev–Trinajstić information content (AvgIpc) is 3.02. The van der Waals surface area contributed by atoms with Gasteiger partial charge in [0.05, 0.1) is 22.8 Å². The van der Waals surface area contributed by atoms with Crippen LogP contribution in [0.15, 0.2) is 83.3 Å². The average molecular weight is 533 g/mol. The lowest BCUT2D eigenvalue weighted by Gasteiger charge is -2.06. The number of hydrogen-bond donors (Lipinski definition) is 0. The summed E-state index contributed by atoms with van der Waals surface area (Å²) in [6, 6.07) is 17.4. The van der Waals surface area contributed by atoms with Gasteiger partial charge in [-0.1, -0.05) is 38.1 Å². The highest BCUT2D eigenvalue weighted by molar-refractivity contribution is 5.77. The summed E-state index contributed by atoms with van der Waals surface area (Å²) in [4.78, 5) is 27.4. The molecule has 0 aliphatic carbocycles. The van der Waals surface area contributed by atoms with Crippen LogP contribution in [0.4, 0.5) is 0 Å². The third kappa shape index (κ3) is 9.01. The van der Waals surface area contributed by atoms with Crippen molar-refractivity contribution < 1.29 is 0 Å². The maximum atomic E-state index is 4.67. The van der Waals surface area contributed by atoms with Crippen molar-refractivity contribution in [3.05, 3.63) is 107 Å². The van der Waals surface area contributed by atoms with Gasteiger partial charge in [-0.25, -0.2) is 0 Å². The monoisotopic (exact) mass is 532 g/mol. The lowest BCUT2D eigenvalue weighted by atomic mass is 10.1. The van der Waals surface area contributed by atoms with Crippen molar-refractivity contribution in [3.8, 4) is 11.4 Å². The van der Waals surface area contributed by atoms with E-state index in [9.17, 15) is 0 Å². The van der Waals surface area contributed by atoms with Gasteiger partial charge in [-0.15, -0.1) is 0 Å². The fourth-order valence-electron chi connectivity index (χ4n) is 3.96. The summed E-state index contributed by atoms with van der Waals surface area (Å²) in [5, 5.41) is 0. The highest BCUT2D eigenvalue weighted by atomic mass is 14.8. The first-order chi connectivity index (χ1) is 19.5. The highest BCUT2D eigenvalue weighted by Crippen LogP contribution is 2.17. The van der Waals surface area contributed by atoms with Crippen molar-refractivity contribution in [1.82, 2.24) is 19.9 Å². The van der Waals surface area contributed by atoms with Gasteiger partial charge in [0, 0.05) is 49.3 Å². The molecule has 40 heavy (non-hydrogen) atoms. The molecule has 0 amide bonds. The number of hydrogen-bond acceptors (Lipinski definition) is 6. The van der Waals surface area contributed by atoms with Gasteiger partial charge in [0.25, 0.3) is 0 Å². The fraction of sp³-hybridized carbons (Fsp3) is 0.353. The first-order valence-corrected chi connectivity index (χ1v) is 14.4. The molecule has 0 bridgehead atoms. The molecule has 0 N–H and O–H groups in total. The summed E-state index contributed by atoms with van der Waals surface area (Å²) >= 11 is 0. The highest BCUT2D eigenvalue weighted by Gasteiger charge is 2.05. The first-order valence-electron chi connectivity index (χ1n) is 14.4. The van der Waals surface area contributed by atoms with Crippen LogP contribution in [0, 0.1) is 0 Å². The van der Waals surface area contributed by atoms with E-state index in [0.717, 1.165) is 61.3 Å². The second kappa shape index (κ2) is 14.9. The number of rotatable bonds is 13. The van der Waals surface area contributed by atoms with E-state index < -0.39 is 0 Å². The van der Waals surface area contributed by atoms with Crippen molar-refractivity contribution in [3.63, 3.8) is 0 Å². The van der Waals surface area contributed by atoms with Gasteiger partial charge in [0.1, 0.15) is 0 Å². The Hall–Kier alpha value is -4.06. The van der Waals surface area contributed by atoms with Crippen LogP contribution in [0.25, 0.3) is 11.4 Å². The minimum Gasteiger partial charge on any atom is -0.288 e. The third-order valence-electron chi connectivity index (χ3n) is 7.12. The summed E-state index contributed by atoms with van der Waals surface area (Å²) in [5.41, 5.74) is 8.42. The van der Waals surface area contributed by atoms with E-state index in [0.29, 0.717) is 12.1 Å². The Labute approximate surface area is 238 Å². The molecule has 0 fully saturated rings. The lowest BCUT2D eigenvalue weighted by Crippen LogP contribution is -1.98. The Bertz CT molecular complexity index is 1250. The summed E-state index contributed by atoms with van der Waals surface area (Å²) in [7, 11) is 0. The van der Waals surface area contributed by atoms with Gasteiger partial charge in [0.15, 0.2) is 0 Å². The molecule has 0 spiro atoms. The molecule has 0 aliphatic heterocycles. The molecule has 0 saturated heterocycles. The largest absolute Gasteiger partial charge is 0.288 e. The molecule has 0 unspecified atom stereocenters. The molecule has 0 saturated carbocycles.